The van der Waals surface area contributed by atoms with Gasteiger partial charge < -0.3 is 4.74 Å². The van der Waals surface area contributed by atoms with Gasteiger partial charge in [0.15, 0.2) is 0 Å². The molecule has 0 aliphatic carbocycles. The van der Waals surface area contributed by atoms with Gasteiger partial charge in [-0.2, -0.15) is 0 Å². The molecule has 12 heavy (non-hydrogen) atoms. The third kappa shape index (κ3) is 6.06. The van der Waals surface area contributed by atoms with Crippen molar-refractivity contribution in [3.05, 3.63) is 0 Å². The normalized spacial score (nSPS) is 22.4. The predicted molar refractivity (Wildman–Crippen MR) is 45.0 cm³/mol. The van der Waals surface area contributed by atoms with Gasteiger partial charge in [0.25, 0.3) is 0 Å². The van der Waals surface area contributed by atoms with Crippen molar-refractivity contribution in [1.82, 2.24) is 0 Å². The Morgan fingerprint density at radius 1 is 1.42 bits per heavy atom. The summed E-state index contributed by atoms with van der Waals surface area (Å²) in [5.41, 5.74) is 0.693. The molecular formula is C7H17O3SiTi+. The van der Waals surface area contributed by atoms with Gasteiger partial charge in [-0.05, 0) is 19.3 Å². The van der Waals surface area contributed by atoms with Crippen molar-refractivity contribution in [2.45, 2.75) is 38.1 Å². The van der Waals surface area contributed by atoms with E-state index in [1.54, 1.807) is 0 Å². The fourth-order valence-electron chi connectivity index (χ4n) is 1.29. The first-order valence-corrected chi connectivity index (χ1v) is 8.58. The first-order chi connectivity index (χ1) is 5.72. The van der Waals surface area contributed by atoms with E-state index < -0.39 is 27.9 Å². The van der Waals surface area contributed by atoms with Crippen LogP contribution in [-0.4, -0.2) is 21.1 Å². The van der Waals surface area contributed by atoms with Crippen molar-refractivity contribution in [3.63, 3.8) is 0 Å². The molecule has 1 aliphatic heterocycles. The summed E-state index contributed by atoms with van der Waals surface area (Å²) in [5, 5.41) is 0. The van der Waals surface area contributed by atoms with Crippen molar-refractivity contribution in [1.29, 1.82) is 0 Å². The first-order valence-electron chi connectivity index (χ1n) is 4.33. The number of rotatable bonds is 1. The van der Waals surface area contributed by atoms with Crippen LogP contribution in [0.1, 0.15) is 20.7 Å². The van der Waals surface area contributed by atoms with Crippen molar-refractivity contribution in [2.24, 2.45) is 0 Å². The molecule has 1 unspecified atom stereocenters. The topological polar surface area (TPSA) is 43.4 Å². The van der Waals surface area contributed by atoms with Crippen molar-refractivity contribution >= 4 is 8.80 Å². The third-order valence-electron chi connectivity index (χ3n) is 1.96. The zero-order chi connectivity index (χ0) is 9.40. The van der Waals surface area contributed by atoms with E-state index in [1.165, 1.54) is 19.3 Å². The molecule has 1 atom stereocenters. The average Bonchev–Trinajstić information content (AvgIpc) is 2.07. The molecule has 70 valence electrons. The van der Waals surface area contributed by atoms with Crippen LogP contribution in [0.3, 0.4) is 0 Å². The van der Waals surface area contributed by atoms with Crippen molar-refractivity contribution in [2.75, 3.05) is 6.61 Å². The molecule has 0 radical (unpaired) electrons. The van der Waals surface area contributed by atoms with Gasteiger partial charge in [0.05, 0.1) is 8.80 Å². The van der Waals surface area contributed by atoms with Crippen LogP contribution in [0.4, 0.5) is 0 Å². The van der Waals surface area contributed by atoms with Gasteiger partial charge in [-0.1, -0.05) is 13.1 Å². The monoisotopic (exact) mass is 225 g/mol. The van der Waals surface area contributed by atoms with Gasteiger partial charge in [0.1, 0.15) is 0 Å². The van der Waals surface area contributed by atoms with Crippen LogP contribution in [0.5, 0.6) is 0 Å². The Bertz CT molecular complexity index is 145. The van der Waals surface area contributed by atoms with E-state index in [-0.39, 0.29) is 1.43 Å². The summed E-state index contributed by atoms with van der Waals surface area (Å²) in [6.07, 6.45) is 4.03. The number of hydrogen-bond donors (Lipinski definition) is 0. The quantitative estimate of drug-likeness (QED) is 0.634. The van der Waals surface area contributed by atoms with Crippen LogP contribution in [0.2, 0.25) is 13.1 Å². The van der Waals surface area contributed by atoms with Gasteiger partial charge >= 0.3 is 27.2 Å². The zero-order valence-corrected chi connectivity index (χ0v) is 10.4. The Kier molecular flexibility index (Phi) is 8.44. The summed E-state index contributed by atoms with van der Waals surface area (Å²) >= 11 is -2.00. The molecule has 0 N–H and O–H groups in total. The van der Waals surface area contributed by atoms with E-state index in [2.05, 4.69) is 13.1 Å². The molecule has 1 saturated heterocycles. The summed E-state index contributed by atoms with van der Waals surface area (Å²) in [5.74, 6) is 0. The summed E-state index contributed by atoms with van der Waals surface area (Å²) in [4.78, 5) is 0. The van der Waals surface area contributed by atoms with Crippen LogP contribution < -0.4 is 0 Å². The summed E-state index contributed by atoms with van der Waals surface area (Å²) in [7, 11) is -0.474. The molecule has 3 nitrogen and oxygen atoms in total. The van der Waals surface area contributed by atoms with E-state index in [1.807, 2.05) is 0 Å². The summed E-state index contributed by atoms with van der Waals surface area (Å²) in [6.45, 7) is 5.77. The van der Waals surface area contributed by atoms with Gasteiger partial charge in [0.2, 0.25) is 0 Å². The van der Waals surface area contributed by atoms with E-state index in [4.69, 9.17) is 11.4 Å². The molecule has 0 saturated carbocycles. The van der Waals surface area contributed by atoms with E-state index >= 15 is 0 Å². The molecular weight excluding hydrogens is 208 g/mol. The molecule has 1 aliphatic rings. The Labute approximate surface area is 85.5 Å². The van der Waals surface area contributed by atoms with E-state index in [0.717, 1.165) is 6.61 Å². The Morgan fingerprint density at radius 2 is 2.00 bits per heavy atom. The fourth-order valence-corrected chi connectivity index (χ4v) is 2.71. The molecule has 1 fully saturated rings. The summed E-state index contributed by atoms with van der Waals surface area (Å²) < 4.78 is 22.6. The molecule has 1 heterocycles. The summed E-state index contributed by atoms with van der Waals surface area (Å²) in [6, 6.07) is 0. The van der Waals surface area contributed by atoms with E-state index in [9.17, 15) is 0 Å². The maximum absolute atomic E-state index is 8.50. The molecule has 1 rings (SSSR count). The van der Waals surface area contributed by atoms with Gasteiger partial charge in [-0.15, -0.1) is 0 Å². The fraction of sp³-hybridized carbons (Fsp3) is 1.00. The molecule has 0 spiro atoms. The van der Waals surface area contributed by atoms with Crippen molar-refractivity contribution in [3.8, 4) is 0 Å². The van der Waals surface area contributed by atoms with E-state index in [0.29, 0.717) is 5.73 Å². The average molecular weight is 225 g/mol. The minimum atomic E-state index is -2.00. The van der Waals surface area contributed by atoms with Crippen LogP contribution in [-0.2, 0) is 30.5 Å². The standard InChI is InChI=1S/C7H16OSi.2O.Ti/c1-9(2)7-5-3-4-6-8-7;;;/h7,9H,3-6H2,1-2H3;;;/p+1. The predicted octanol–water partition coefficient (Wildman–Crippen LogP) is 1.45. The maximum atomic E-state index is 8.50. The Morgan fingerprint density at radius 3 is 2.25 bits per heavy atom. The molecule has 0 aromatic heterocycles. The Balaban J connectivity index is 0. The Hall–Kier alpha value is 0.491. The number of ether oxygens (including phenoxy) is 1. The van der Waals surface area contributed by atoms with Crippen LogP contribution in [0.15, 0.2) is 0 Å². The second-order valence-electron chi connectivity index (χ2n) is 3.23. The third-order valence-corrected chi connectivity index (χ3v) is 3.97. The van der Waals surface area contributed by atoms with Crippen molar-refractivity contribution < 1.29 is 31.9 Å². The second kappa shape index (κ2) is 8.11. The molecule has 0 bridgehead atoms. The zero-order valence-electron chi connectivity index (χ0n) is 8.71. The first kappa shape index (κ1) is 12.5. The number of hydrogen-bond acceptors (Lipinski definition) is 3. The SMILES string of the molecule is C[SiH](C)C1CCCCO1.[H+].[O]=[Ti]=[O]. The molecule has 5 heteroatoms. The molecule has 0 amide bonds. The molecule has 0 aromatic carbocycles. The minimum absolute atomic E-state index is 0. The van der Waals surface area contributed by atoms with Crippen LogP contribution >= 0.6 is 0 Å². The van der Waals surface area contributed by atoms with Gasteiger partial charge in [0, 0.05) is 12.3 Å². The second-order valence-corrected chi connectivity index (χ2v) is 6.72. The van der Waals surface area contributed by atoms with Crippen LogP contribution in [0.25, 0.3) is 0 Å². The van der Waals surface area contributed by atoms with Crippen LogP contribution in [0, 0.1) is 0 Å². The van der Waals surface area contributed by atoms with Gasteiger partial charge in [-0.3, -0.25) is 0 Å². The molecule has 0 aromatic rings. The van der Waals surface area contributed by atoms with Gasteiger partial charge in [-0.25, -0.2) is 0 Å².